The van der Waals surface area contributed by atoms with Crippen LogP contribution in [0.3, 0.4) is 0 Å². The van der Waals surface area contributed by atoms with Crippen LogP contribution in [0.1, 0.15) is 36.7 Å². The Kier molecular flexibility index (Phi) is 8.85. The first-order valence-corrected chi connectivity index (χ1v) is 6.41. The Hall–Kier alpha value is -2.04. The lowest BCUT2D eigenvalue weighted by Crippen LogP contribution is -2.04. The monoisotopic (exact) mass is 300 g/mol. The molecular formula is C16H19F3O2. The average Bonchev–Trinajstić information content (AvgIpc) is 2.38. The number of allylic oxidation sites excluding steroid dienone is 3. The molecule has 1 aromatic carbocycles. The number of alkyl halides is 3. The summed E-state index contributed by atoms with van der Waals surface area (Å²) in [6.45, 7) is 4.34. The highest BCUT2D eigenvalue weighted by Crippen LogP contribution is 2.10. The van der Waals surface area contributed by atoms with E-state index in [1.165, 1.54) is 0 Å². The van der Waals surface area contributed by atoms with Gasteiger partial charge in [0.1, 0.15) is 0 Å². The molecule has 0 heterocycles. The molecule has 0 saturated heterocycles. The molecule has 0 N–H and O–H groups in total. The molecule has 0 aliphatic rings. The first kappa shape index (κ1) is 19.0. The van der Waals surface area contributed by atoms with Crippen molar-refractivity contribution in [1.82, 2.24) is 0 Å². The van der Waals surface area contributed by atoms with Crippen molar-refractivity contribution in [2.45, 2.75) is 26.9 Å². The van der Waals surface area contributed by atoms with Gasteiger partial charge in [0.25, 0.3) is 0 Å². The van der Waals surface area contributed by atoms with E-state index in [4.69, 9.17) is 4.74 Å². The average molecular weight is 300 g/mol. The van der Waals surface area contributed by atoms with Gasteiger partial charge in [-0.05, 0) is 31.5 Å². The SMILES string of the molecule is C/C=C/C=C/c1cccc(C(=O)OCC)c1.CC(F)(F)F. The van der Waals surface area contributed by atoms with Crippen LogP contribution in [0.2, 0.25) is 0 Å². The highest BCUT2D eigenvalue weighted by atomic mass is 19.4. The molecule has 0 spiro atoms. The van der Waals surface area contributed by atoms with E-state index in [9.17, 15) is 18.0 Å². The van der Waals surface area contributed by atoms with Gasteiger partial charge in [-0.1, -0.05) is 36.4 Å². The molecule has 2 nitrogen and oxygen atoms in total. The number of ether oxygens (including phenoxy) is 1. The van der Waals surface area contributed by atoms with Gasteiger partial charge in [0.05, 0.1) is 12.2 Å². The Labute approximate surface area is 122 Å². The third-order valence-electron chi connectivity index (χ3n) is 1.99. The lowest BCUT2D eigenvalue weighted by atomic mass is 10.1. The largest absolute Gasteiger partial charge is 0.462 e. The lowest BCUT2D eigenvalue weighted by molar-refractivity contribution is -0.110. The van der Waals surface area contributed by atoms with Gasteiger partial charge in [-0.3, -0.25) is 0 Å². The fraction of sp³-hybridized carbons (Fsp3) is 0.312. The van der Waals surface area contributed by atoms with Crippen LogP contribution in [0.25, 0.3) is 6.08 Å². The fourth-order valence-electron chi connectivity index (χ4n) is 1.26. The molecule has 0 fully saturated rings. The van der Waals surface area contributed by atoms with E-state index in [2.05, 4.69) is 0 Å². The quantitative estimate of drug-likeness (QED) is 0.576. The third-order valence-corrected chi connectivity index (χ3v) is 1.99. The summed E-state index contributed by atoms with van der Waals surface area (Å²) in [7, 11) is 0. The zero-order valence-electron chi connectivity index (χ0n) is 12.3. The smallest absolute Gasteiger partial charge is 0.386 e. The van der Waals surface area contributed by atoms with Crippen molar-refractivity contribution in [3.8, 4) is 0 Å². The van der Waals surface area contributed by atoms with Crippen LogP contribution in [-0.2, 0) is 4.74 Å². The van der Waals surface area contributed by atoms with E-state index in [1.54, 1.807) is 13.0 Å². The van der Waals surface area contributed by atoms with Gasteiger partial charge >= 0.3 is 12.1 Å². The Bertz CT molecular complexity index is 483. The van der Waals surface area contributed by atoms with Gasteiger partial charge in [0.15, 0.2) is 0 Å². The molecule has 0 amide bonds. The van der Waals surface area contributed by atoms with Crippen molar-refractivity contribution in [2.75, 3.05) is 6.61 Å². The summed E-state index contributed by atoms with van der Waals surface area (Å²) < 4.78 is 36.0. The molecule has 1 rings (SSSR count). The Morgan fingerprint density at radius 3 is 2.43 bits per heavy atom. The number of rotatable bonds is 4. The van der Waals surface area contributed by atoms with Gasteiger partial charge in [-0.25, -0.2) is 4.79 Å². The van der Waals surface area contributed by atoms with Crippen molar-refractivity contribution >= 4 is 12.0 Å². The number of carbonyl (C=O) groups excluding carboxylic acids is 1. The van der Waals surface area contributed by atoms with Crippen molar-refractivity contribution < 1.29 is 22.7 Å². The summed E-state index contributed by atoms with van der Waals surface area (Å²) in [4.78, 5) is 11.5. The molecule has 0 bridgehead atoms. The third kappa shape index (κ3) is 11.5. The van der Waals surface area contributed by atoms with E-state index >= 15 is 0 Å². The lowest BCUT2D eigenvalue weighted by Gasteiger charge is -2.02. The molecule has 0 aliphatic carbocycles. The minimum Gasteiger partial charge on any atom is -0.462 e. The number of esters is 1. The van der Waals surface area contributed by atoms with Crippen LogP contribution in [0.5, 0.6) is 0 Å². The van der Waals surface area contributed by atoms with Crippen molar-refractivity contribution in [3.63, 3.8) is 0 Å². The van der Waals surface area contributed by atoms with E-state index in [-0.39, 0.29) is 12.9 Å². The van der Waals surface area contributed by atoms with Gasteiger partial charge in [-0.2, -0.15) is 13.2 Å². The zero-order chi connectivity index (χ0) is 16.3. The molecule has 5 heteroatoms. The minimum atomic E-state index is -4.00. The maximum absolute atomic E-state index is 11.5. The molecule has 21 heavy (non-hydrogen) atoms. The van der Waals surface area contributed by atoms with Crippen molar-refractivity contribution in [3.05, 3.63) is 53.6 Å². The Balaban J connectivity index is 0.000000690. The number of halogens is 3. The highest BCUT2D eigenvalue weighted by Gasteiger charge is 2.15. The summed E-state index contributed by atoms with van der Waals surface area (Å²) in [5.41, 5.74) is 1.58. The molecular weight excluding hydrogens is 281 g/mol. The van der Waals surface area contributed by atoms with E-state index in [0.29, 0.717) is 12.2 Å². The van der Waals surface area contributed by atoms with E-state index in [1.807, 2.05) is 49.4 Å². The van der Waals surface area contributed by atoms with Crippen molar-refractivity contribution in [2.24, 2.45) is 0 Å². The van der Waals surface area contributed by atoms with Crippen LogP contribution in [0.15, 0.2) is 42.5 Å². The molecule has 0 radical (unpaired) electrons. The maximum atomic E-state index is 11.5. The molecule has 1 aromatic rings. The predicted octanol–water partition coefficient (Wildman–Crippen LogP) is 5.02. The van der Waals surface area contributed by atoms with Crippen LogP contribution in [0.4, 0.5) is 13.2 Å². The second-order valence-electron chi connectivity index (χ2n) is 4.01. The minimum absolute atomic E-state index is 0.188. The van der Waals surface area contributed by atoms with Crippen molar-refractivity contribution in [1.29, 1.82) is 0 Å². The predicted molar refractivity (Wildman–Crippen MR) is 78.0 cm³/mol. The second kappa shape index (κ2) is 9.80. The molecule has 0 atom stereocenters. The number of hydrogen-bond acceptors (Lipinski definition) is 2. The first-order valence-electron chi connectivity index (χ1n) is 6.41. The second-order valence-corrected chi connectivity index (χ2v) is 4.01. The highest BCUT2D eigenvalue weighted by molar-refractivity contribution is 5.90. The van der Waals surface area contributed by atoms with Crippen LogP contribution >= 0.6 is 0 Å². The molecule has 0 aromatic heterocycles. The number of benzene rings is 1. The molecule has 0 aliphatic heterocycles. The first-order chi connectivity index (χ1) is 9.77. The summed E-state index contributed by atoms with van der Waals surface area (Å²) in [6, 6.07) is 7.37. The summed E-state index contributed by atoms with van der Waals surface area (Å²) in [5.74, 6) is -0.274. The van der Waals surface area contributed by atoms with Gasteiger partial charge in [0, 0.05) is 6.92 Å². The number of carbonyl (C=O) groups is 1. The standard InChI is InChI=1S/C14H16O2.C2H3F3/c1-3-5-6-8-12-9-7-10-13(11-12)14(15)16-4-2;1-2(3,4)5/h3,5-11H,4H2,1-2H3;1H3/b5-3+,8-6+;. The Morgan fingerprint density at radius 2 is 1.90 bits per heavy atom. The van der Waals surface area contributed by atoms with E-state index in [0.717, 1.165) is 5.56 Å². The topological polar surface area (TPSA) is 26.3 Å². The van der Waals surface area contributed by atoms with E-state index < -0.39 is 6.18 Å². The van der Waals surface area contributed by atoms with Gasteiger partial charge in [-0.15, -0.1) is 0 Å². The molecule has 0 unspecified atom stereocenters. The zero-order valence-corrected chi connectivity index (χ0v) is 12.3. The molecule has 0 saturated carbocycles. The summed E-state index contributed by atoms with van der Waals surface area (Å²) in [5, 5.41) is 0. The summed E-state index contributed by atoms with van der Waals surface area (Å²) in [6.07, 6.45) is 3.77. The van der Waals surface area contributed by atoms with Crippen LogP contribution in [-0.4, -0.2) is 18.8 Å². The fourth-order valence-corrected chi connectivity index (χ4v) is 1.26. The van der Waals surface area contributed by atoms with Gasteiger partial charge < -0.3 is 4.74 Å². The van der Waals surface area contributed by atoms with Gasteiger partial charge in [0.2, 0.25) is 0 Å². The normalized spacial score (nSPS) is 11.3. The molecule has 116 valence electrons. The Morgan fingerprint density at radius 1 is 1.29 bits per heavy atom. The number of hydrogen-bond donors (Lipinski definition) is 0. The maximum Gasteiger partial charge on any atom is 0.386 e. The van der Waals surface area contributed by atoms with Crippen LogP contribution < -0.4 is 0 Å². The summed E-state index contributed by atoms with van der Waals surface area (Å²) >= 11 is 0. The van der Waals surface area contributed by atoms with Crippen LogP contribution in [0, 0.1) is 0 Å².